The summed E-state index contributed by atoms with van der Waals surface area (Å²) in [5.74, 6) is 0.744. The highest BCUT2D eigenvalue weighted by Gasteiger charge is 2.38. The van der Waals surface area contributed by atoms with Crippen LogP contribution in [0, 0.1) is 0 Å². The lowest BCUT2D eigenvalue weighted by Crippen LogP contribution is -2.49. The van der Waals surface area contributed by atoms with Crippen molar-refractivity contribution in [3.8, 4) is 0 Å². The number of likely N-dealkylation sites (N-methyl/N-ethyl adjacent to an activating group) is 1. The van der Waals surface area contributed by atoms with Gasteiger partial charge in [-0.05, 0) is 25.5 Å². The van der Waals surface area contributed by atoms with E-state index in [1.54, 1.807) is 16.0 Å². The van der Waals surface area contributed by atoms with Crippen molar-refractivity contribution in [3.63, 3.8) is 0 Å². The molecule has 7 nitrogen and oxygen atoms in total. The molecule has 1 saturated heterocycles. The van der Waals surface area contributed by atoms with E-state index in [0.29, 0.717) is 26.1 Å². The fraction of sp³-hybridized carbons (Fsp3) is 0.389. The number of hydrogen-bond donors (Lipinski definition) is 1. The zero-order valence-electron chi connectivity index (χ0n) is 14.6. The predicted octanol–water partition coefficient (Wildman–Crippen LogP) is 1.76. The maximum absolute atomic E-state index is 12.8. The summed E-state index contributed by atoms with van der Waals surface area (Å²) in [4.78, 5) is 32.9. The summed E-state index contributed by atoms with van der Waals surface area (Å²) in [5.41, 5.74) is 0.875. The molecule has 2 heterocycles. The normalized spacial score (nSPS) is 17.0. The molecule has 2 aromatic rings. The van der Waals surface area contributed by atoms with Crippen molar-refractivity contribution in [2.24, 2.45) is 7.05 Å². The van der Waals surface area contributed by atoms with Gasteiger partial charge < -0.3 is 19.7 Å². The molecule has 0 unspecified atom stereocenters. The average Bonchev–Trinajstić information content (AvgIpc) is 3.21. The van der Waals surface area contributed by atoms with Gasteiger partial charge >= 0.3 is 6.03 Å². The van der Waals surface area contributed by atoms with Gasteiger partial charge in [0.2, 0.25) is 5.91 Å². The van der Waals surface area contributed by atoms with Crippen molar-refractivity contribution >= 4 is 17.6 Å². The van der Waals surface area contributed by atoms with Crippen molar-refractivity contribution in [1.29, 1.82) is 0 Å². The van der Waals surface area contributed by atoms with Gasteiger partial charge in [-0.1, -0.05) is 18.2 Å². The van der Waals surface area contributed by atoms with Gasteiger partial charge in [0.15, 0.2) is 0 Å². The molecule has 1 fully saturated rings. The minimum absolute atomic E-state index is 0.0276. The first kappa shape index (κ1) is 17.0. The van der Waals surface area contributed by atoms with E-state index in [4.69, 9.17) is 0 Å². The molecule has 1 N–H and O–H groups in total. The van der Waals surface area contributed by atoms with E-state index in [1.165, 1.54) is 0 Å². The molecular weight excluding hydrogens is 318 g/mol. The zero-order chi connectivity index (χ0) is 17.8. The Morgan fingerprint density at radius 2 is 2.12 bits per heavy atom. The molecule has 0 spiro atoms. The molecule has 0 bridgehead atoms. The van der Waals surface area contributed by atoms with Crippen LogP contribution in [0.4, 0.5) is 10.5 Å². The lowest BCUT2D eigenvalue weighted by molar-refractivity contribution is -0.120. The number of aromatic nitrogens is 2. The van der Waals surface area contributed by atoms with Gasteiger partial charge in [0.1, 0.15) is 11.9 Å². The van der Waals surface area contributed by atoms with Gasteiger partial charge in [-0.25, -0.2) is 9.78 Å². The van der Waals surface area contributed by atoms with Gasteiger partial charge in [0, 0.05) is 38.2 Å². The summed E-state index contributed by atoms with van der Waals surface area (Å²) in [6, 6.07) is 8.91. The number of rotatable bonds is 5. The van der Waals surface area contributed by atoms with Crippen LogP contribution < -0.4 is 10.2 Å². The fourth-order valence-electron chi connectivity index (χ4n) is 3.15. The van der Waals surface area contributed by atoms with E-state index in [2.05, 4.69) is 10.3 Å². The summed E-state index contributed by atoms with van der Waals surface area (Å²) < 4.78 is 1.86. The maximum atomic E-state index is 12.8. The van der Waals surface area contributed by atoms with Crippen LogP contribution in [-0.4, -0.2) is 45.5 Å². The zero-order valence-corrected chi connectivity index (χ0v) is 14.6. The summed E-state index contributed by atoms with van der Waals surface area (Å²) >= 11 is 0. The third kappa shape index (κ3) is 3.50. The first-order valence-electron chi connectivity index (χ1n) is 8.49. The number of imidazole rings is 1. The van der Waals surface area contributed by atoms with Crippen LogP contribution in [0.5, 0.6) is 0 Å². The lowest BCUT2D eigenvalue weighted by Gasteiger charge is -2.27. The van der Waals surface area contributed by atoms with Crippen molar-refractivity contribution in [3.05, 3.63) is 48.5 Å². The van der Waals surface area contributed by atoms with Crippen molar-refractivity contribution in [2.45, 2.75) is 25.9 Å². The minimum Gasteiger partial charge on any atom is -0.337 e. The summed E-state index contributed by atoms with van der Waals surface area (Å²) in [5, 5.41) is 2.86. The number of amides is 3. The van der Waals surface area contributed by atoms with E-state index in [-0.39, 0.29) is 11.9 Å². The molecule has 0 radical (unpaired) electrons. The standard InChI is InChI=1S/C18H23N5O2/c1-3-22(18(25)20-13-16-19-10-12-21(16)2)15-9-11-23(17(15)24)14-7-5-4-6-8-14/h4-8,10,12,15H,3,9,11,13H2,1-2H3,(H,20,25)/t15-/m1/s1. The Bertz CT molecular complexity index is 743. The topological polar surface area (TPSA) is 70.5 Å². The van der Waals surface area contributed by atoms with Gasteiger partial charge in [-0.2, -0.15) is 0 Å². The Hall–Kier alpha value is -2.83. The Morgan fingerprint density at radius 3 is 2.76 bits per heavy atom. The number of urea groups is 1. The Labute approximate surface area is 147 Å². The fourth-order valence-corrected chi connectivity index (χ4v) is 3.15. The second-order valence-electron chi connectivity index (χ2n) is 6.03. The van der Waals surface area contributed by atoms with Crippen LogP contribution in [0.15, 0.2) is 42.7 Å². The molecule has 1 aliphatic heterocycles. The van der Waals surface area contributed by atoms with Crippen LogP contribution in [-0.2, 0) is 18.4 Å². The Morgan fingerprint density at radius 1 is 1.36 bits per heavy atom. The molecule has 25 heavy (non-hydrogen) atoms. The maximum Gasteiger partial charge on any atom is 0.318 e. The van der Waals surface area contributed by atoms with Gasteiger partial charge in [-0.15, -0.1) is 0 Å². The minimum atomic E-state index is -0.424. The van der Waals surface area contributed by atoms with Crippen LogP contribution in [0.25, 0.3) is 0 Å². The molecule has 3 rings (SSSR count). The first-order chi connectivity index (χ1) is 12.1. The molecule has 7 heteroatoms. The number of nitrogens with one attached hydrogen (secondary N) is 1. The first-order valence-corrected chi connectivity index (χ1v) is 8.49. The number of hydrogen-bond acceptors (Lipinski definition) is 3. The number of carbonyl (C=O) groups excluding carboxylic acids is 2. The summed E-state index contributed by atoms with van der Waals surface area (Å²) in [6.07, 6.45) is 4.16. The number of anilines is 1. The second kappa shape index (κ2) is 7.38. The molecule has 3 amide bonds. The van der Waals surface area contributed by atoms with Gasteiger partial charge in [-0.3, -0.25) is 4.79 Å². The molecule has 1 atom stereocenters. The SMILES string of the molecule is CCN(C(=O)NCc1nccn1C)[C@@H]1CCN(c2ccccc2)C1=O. The van der Waals surface area contributed by atoms with Crippen molar-refractivity contribution in [1.82, 2.24) is 19.8 Å². The third-order valence-corrected chi connectivity index (χ3v) is 4.54. The van der Waals surface area contributed by atoms with Crippen molar-refractivity contribution < 1.29 is 9.59 Å². The van der Waals surface area contributed by atoms with E-state index in [1.807, 2.05) is 55.1 Å². The average molecular weight is 341 g/mol. The molecule has 0 aliphatic carbocycles. The number of benzene rings is 1. The number of nitrogens with zero attached hydrogens (tertiary/aromatic N) is 4. The second-order valence-corrected chi connectivity index (χ2v) is 6.03. The van der Waals surface area contributed by atoms with E-state index in [0.717, 1.165) is 11.5 Å². The molecule has 0 saturated carbocycles. The molecule has 1 aliphatic rings. The van der Waals surface area contributed by atoms with Crippen LogP contribution in [0.3, 0.4) is 0 Å². The highest BCUT2D eigenvalue weighted by atomic mass is 16.2. The van der Waals surface area contributed by atoms with Crippen molar-refractivity contribution in [2.75, 3.05) is 18.0 Å². The Balaban J connectivity index is 1.65. The predicted molar refractivity (Wildman–Crippen MR) is 95.0 cm³/mol. The van der Waals surface area contributed by atoms with Crippen LogP contribution in [0.1, 0.15) is 19.2 Å². The lowest BCUT2D eigenvalue weighted by atomic mass is 10.2. The summed E-state index contributed by atoms with van der Waals surface area (Å²) in [7, 11) is 1.88. The number of para-hydroxylation sites is 1. The highest BCUT2D eigenvalue weighted by molar-refractivity contribution is 6.01. The largest absolute Gasteiger partial charge is 0.337 e. The monoisotopic (exact) mass is 341 g/mol. The highest BCUT2D eigenvalue weighted by Crippen LogP contribution is 2.24. The van der Waals surface area contributed by atoms with E-state index in [9.17, 15) is 9.59 Å². The Kier molecular flexibility index (Phi) is 5.02. The molecule has 1 aromatic heterocycles. The summed E-state index contributed by atoms with van der Waals surface area (Å²) in [6.45, 7) is 3.32. The molecule has 132 valence electrons. The van der Waals surface area contributed by atoms with Crippen LogP contribution >= 0.6 is 0 Å². The smallest absolute Gasteiger partial charge is 0.318 e. The van der Waals surface area contributed by atoms with Crippen LogP contribution in [0.2, 0.25) is 0 Å². The van der Waals surface area contributed by atoms with Gasteiger partial charge in [0.25, 0.3) is 0 Å². The van der Waals surface area contributed by atoms with E-state index < -0.39 is 6.04 Å². The third-order valence-electron chi connectivity index (χ3n) is 4.54. The molecular formula is C18H23N5O2. The number of carbonyl (C=O) groups is 2. The molecule has 1 aromatic carbocycles. The van der Waals surface area contributed by atoms with Gasteiger partial charge in [0.05, 0.1) is 6.54 Å². The number of aryl methyl sites for hydroxylation is 1. The van der Waals surface area contributed by atoms with E-state index >= 15 is 0 Å². The quantitative estimate of drug-likeness (QED) is 0.901.